The number of halogens is 2. The molecule has 0 radical (unpaired) electrons. The molecule has 1 N–H and O–H groups in total. The number of nitrogens with zero attached hydrogens (tertiary/aromatic N) is 2. The third-order valence-electron chi connectivity index (χ3n) is 3.09. The second-order valence-corrected chi connectivity index (χ2v) is 4.78. The molecule has 1 aliphatic rings. The second-order valence-electron chi connectivity index (χ2n) is 4.35. The summed E-state index contributed by atoms with van der Waals surface area (Å²) in [5.41, 5.74) is 1.20. The Labute approximate surface area is 115 Å². The van der Waals surface area contributed by atoms with Crippen LogP contribution in [0.4, 0.5) is 4.39 Å². The number of aromatic nitrogens is 2. The average molecular weight is 282 g/mol. The first-order chi connectivity index (χ1) is 9.25. The Morgan fingerprint density at radius 1 is 1.47 bits per heavy atom. The van der Waals surface area contributed by atoms with Crippen molar-refractivity contribution in [1.29, 1.82) is 0 Å². The molecule has 0 aliphatic carbocycles. The van der Waals surface area contributed by atoms with Crippen molar-refractivity contribution in [2.24, 2.45) is 0 Å². The van der Waals surface area contributed by atoms with E-state index in [-0.39, 0.29) is 11.9 Å². The van der Waals surface area contributed by atoms with E-state index in [0.717, 1.165) is 12.2 Å². The summed E-state index contributed by atoms with van der Waals surface area (Å²) in [5, 5.41) is 3.73. The fourth-order valence-electron chi connectivity index (χ4n) is 2.17. The Hall–Kier alpha value is -1.43. The zero-order chi connectivity index (χ0) is 13.2. The number of ether oxygens (including phenoxy) is 1. The minimum absolute atomic E-state index is 0.130. The first-order valence-corrected chi connectivity index (χ1v) is 6.43. The predicted octanol–water partition coefficient (Wildman–Crippen LogP) is 2.33. The molecule has 1 atom stereocenters. The fourth-order valence-corrected chi connectivity index (χ4v) is 2.34. The summed E-state index contributed by atoms with van der Waals surface area (Å²) < 4.78 is 21.3. The van der Waals surface area contributed by atoms with Gasteiger partial charge in [-0.15, -0.1) is 0 Å². The van der Waals surface area contributed by atoms with Gasteiger partial charge in [-0.25, -0.2) is 9.37 Å². The van der Waals surface area contributed by atoms with Gasteiger partial charge < -0.3 is 10.1 Å². The lowest BCUT2D eigenvalue weighted by Gasteiger charge is -2.24. The number of imidazole rings is 1. The van der Waals surface area contributed by atoms with E-state index in [4.69, 9.17) is 16.3 Å². The Bertz CT molecular complexity index is 581. The van der Waals surface area contributed by atoms with Gasteiger partial charge in [0.1, 0.15) is 11.9 Å². The Morgan fingerprint density at radius 2 is 2.37 bits per heavy atom. The van der Waals surface area contributed by atoms with Crippen LogP contribution in [-0.2, 0) is 4.74 Å². The molecule has 2 heterocycles. The molecule has 1 aliphatic heterocycles. The van der Waals surface area contributed by atoms with Crippen LogP contribution in [-0.4, -0.2) is 29.2 Å². The zero-order valence-electron chi connectivity index (χ0n) is 10.1. The number of hydrogen-bond donors (Lipinski definition) is 1. The van der Waals surface area contributed by atoms with E-state index < -0.39 is 0 Å². The van der Waals surface area contributed by atoms with Gasteiger partial charge in [-0.2, -0.15) is 0 Å². The number of morpholine rings is 1. The van der Waals surface area contributed by atoms with E-state index in [0.29, 0.717) is 23.9 Å². The van der Waals surface area contributed by atoms with Crippen LogP contribution in [0.2, 0.25) is 5.02 Å². The largest absolute Gasteiger partial charge is 0.369 e. The zero-order valence-corrected chi connectivity index (χ0v) is 10.9. The molecule has 1 unspecified atom stereocenters. The van der Waals surface area contributed by atoms with Gasteiger partial charge in [-0.3, -0.25) is 4.57 Å². The Kier molecular flexibility index (Phi) is 3.50. The highest BCUT2D eigenvalue weighted by Crippen LogP contribution is 2.25. The van der Waals surface area contributed by atoms with Crippen LogP contribution in [0.1, 0.15) is 11.8 Å². The molecule has 19 heavy (non-hydrogen) atoms. The molecule has 1 saturated heterocycles. The van der Waals surface area contributed by atoms with Crippen molar-refractivity contribution in [2.75, 3.05) is 19.7 Å². The van der Waals surface area contributed by atoms with E-state index in [1.165, 1.54) is 12.1 Å². The number of hydrogen-bond acceptors (Lipinski definition) is 3. The van der Waals surface area contributed by atoms with Crippen molar-refractivity contribution >= 4 is 11.6 Å². The molecule has 1 aromatic heterocycles. The summed E-state index contributed by atoms with van der Waals surface area (Å²) >= 11 is 5.93. The van der Waals surface area contributed by atoms with Crippen LogP contribution >= 0.6 is 11.6 Å². The van der Waals surface area contributed by atoms with E-state index in [1.807, 2.05) is 0 Å². The molecule has 4 nitrogen and oxygen atoms in total. The fraction of sp³-hybridized carbons (Fsp3) is 0.308. The predicted molar refractivity (Wildman–Crippen MR) is 70.1 cm³/mol. The third-order valence-corrected chi connectivity index (χ3v) is 3.33. The molecule has 0 bridgehead atoms. The Balaban J connectivity index is 2.01. The van der Waals surface area contributed by atoms with E-state index in [9.17, 15) is 4.39 Å². The number of benzene rings is 1. The summed E-state index contributed by atoms with van der Waals surface area (Å²) in [5.74, 6) is -0.340. The molecule has 100 valence electrons. The minimum atomic E-state index is -0.340. The van der Waals surface area contributed by atoms with Crippen LogP contribution < -0.4 is 5.32 Å². The maximum Gasteiger partial charge on any atom is 0.147 e. The molecule has 0 amide bonds. The molecule has 1 fully saturated rings. The van der Waals surface area contributed by atoms with Gasteiger partial charge in [0.15, 0.2) is 0 Å². The molecular weight excluding hydrogens is 269 g/mol. The third kappa shape index (κ3) is 2.49. The highest BCUT2D eigenvalue weighted by Gasteiger charge is 2.21. The van der Waals surface area contributed by atoms with Crippen molar-refractivity contribution in [3.63, 3.8) is 0 Å². The number of nitrogens with one attached hydrogen (secondary N) is 1. The molecule has 3 rings (SSSR count). The number of rotatable bonds is 2. The van der Waals surface area contributed by atoms with Gasteiger partial charge in [0.25, 0.3) is 0 Å². The van der Waals surface area contributed by atoms with Gasteiger partial charge in [0.2, 0.25) is 0 Å². The topological polar surface area (TPSA) is 39.1 Å². The van der Waals surface area contributed by atoms with Gasteiger partial charge in [0.05, 0.1) is 30.5 Å². The van der Waals surface area contributed by atoms with Gasteiger partial charge in [-0.05, 0) is 18.2 Å². The summed E-state index contributed by atoms with van der Waals surface area (Å²) in [4.78, 5) is 4.09. The molecular formula is C13H13ClFN3O. The summed E-state index contributed by atoms with van der Waals surface area (Å²) in [6.45, 7) is 2.15. The maximum atomic E-state index is 13.9. The van der Waals surface area contributed by atoms with Crippen LogP contribution in [0, 0.1) is 5.82 Å². The van der Waals surface area contributed by atoms with Gasteiger partial charge in [0, 0.05) is 18.1 Å². The van der Waals surface area contributed by atoms with Crippen LogP contribution in [0.15, 0.2) is 30.7 Å². The Morgan fingerprint density at radius 3 is 3.16 bits per heavy atom. The smallest absolute Gasteiger partial charge is 0.147 e. The van der Waals surface area contributed by atoms with Crippen LogP contribution in [0.3, 0.4) is 0 Å². The molecule has 6 heteroatoms. The van der Waals surface area contributed by atoms with Crippen LogP contribution in [0.5, 0.6) is 0 Å². The van der Waals surface area contributed by atoms with Crippen molar-refractivity contribution in [3.05, 3.63) is 47.3 Å². The molecule has 0 saturated carbocycles. The van der Waals surface area contributed by atoms with Crippen molar-refractivity contribution in [2.45, 2.75) is 6.10 Å². The first kappa shape index (κ1) is 12.6. The average Bonchev–Trinajstić information content (AvgIpc) is 2.91. The lowest BCUT2D eigenvalue weighted by atomic mass is 10.2. The summed E-state index contributed by atoms with van der Waals surface area (Å²) in [6, 6.07) is 4.45. The summed E-state index contributed by atoms with van der Waals surface area (Å²) in [7, 11) is 0. The lowest BCUT2D eigenvalue weighted by molar-refractivity contribution is 0.0240. The molecule has 0 spiro atoms. The van der Waals surface area contributed by atoms with E-state index in [2.05, 4.69) is 10.3 Å². The molecule has 1 aromatic carbocycles. The van der Waals surface area contributed by atoms with E-state index in [1.54, 1.807) is 23.2 Å². The normalized spacial score (nSPS) is 19.6. The monoisotopic (exact) mass is 281 g/mol. The molecule has 2 aromatic rings. The lowest BCUT2D eigenvalue weighted by Crippen LogP contribution is -2.34. The highest BCUT2D eigenvalue weighted by molar-refractivity contribution is 6.30. The quantitative estimate of drug-likeness (QED) is 0.918. The van der Waals surface area contributed by atoms with Crippen molar-refractivity contribution < 1.29 is 9.13 Å². The maximum absolute atomic E-state index is 13.9. The van der Waals surface area contributed by atoms with Crippen molar-refractivity contribution in [1.82, 2.24) is 14.9 Å². The standard InChI is InChI=1S/C13H13ClFN3O/c14-9-1-2-10(15)11(5-9)18-8-17-6-12(18)13-7-16-3-4-19-13/h1-2,5-6,8,13,16H,3-4,7H2. The first-order valence-electron chi connectivity index (χ1n) is 6.05. The minimum Gasteiger partial charge on any atom is -0.369 e. The SMILES string of the molecule is Fc1ccc(Cl)cc1-n1cncc1C1CNCCO1. The summed E-state index contributed by atoms with van der Waals surface area (Å²) in [6.07, 6.45) is 3.13. The highest BCUT2D eigenvalue weighted by atomic mass is 35.5. The van der Waals surface area contributed by atoms with Gasteiger partial charge >= 0.3 is 0 Å². The van der Waals surface area contributed by atoms with E-state index >= 15 is 0 Å². The van der Waals surface area contributed by atoms with Crippen LogP contribution in [0.25, 0.3) is 5.69 Å². The van der Waals surface area contributed by atoms with Gasteiger partial charge in [-0.1, -0.05) is 11.6 Å². The van der Waals surface area contributed by atoms with Crippen molar-refractivity contribution in [3.8, 4) is 5.69 Å². The second kappa shape index (κ2) is 5.28.